The number of rotatable bonds is 6. The summed E-state index contributed by atoms with van der Waals surface area (Å²) in [5.41, 5.74) is 1.32. The Balaban J connectivity index is 1.50. The second-order valence-electron chi connectivity index (χ2n) is 5.07. The van der Waals surface area contributed by atoms with Gasteiger partial charge >= 0.3 is 5.97 Å². The van der Waals surface area contributed by atoms with Gasteiger partial charge in [-0.3, -0.25) is 9.20 Å². The Morgan fingerprint density at radius 1 is 1.63 bits per heavy atom. The lowest BCUT2D eigenvalue weighted by atomic mass is 10.1. The average Bonchev–Trinajstić information content (AvgIpc) is 2.82. The number of esters is 1. The van der Waals surface area contributed by atoms with Crippen molar-refractivity contribution in [2.45, 2.75) is 25.0 Å². The van der Waals surface area contributed by atoms with Crippen LogP contribution >= 0.6 is 23.1 Å². The zero-order valence-electron chi connectivity index (χ0n) is 10.8. The maximum absolute atomic E-state index is 11.3. The minimum Gasteiger partial charge on any atom is -0.469 e. The van der Waals surface area contributed by atoms with E-state index in [0.717, 1.165) is 35.0 Å². The monoisotopic (exact) mass is 296 g/mol. The van der Waals surface area contributed by atoms with Crippen molar-refractivity contribution in [3.8, 4) is 0 Å². The van der Waals surface area contributed by atoms with Gasteiger partial charge in [0.05, 0.1) is 19.2 Å². The van der Waals surface area contributed by atoms with Crippen LogP contribution in [-0.2, 0) is 15.3 Å². The van der Waals surface area contributed by atoms with Gasteiger partial charge in [-0.1, -0.05) is 0 Å². The highest BCUT2D eigenvalue weighted by molar-refractivity contribution is 7.98. The molecule has 0 atom stereocenters. The molecule has 6 heteroatoms. The summed E-state index contributed by atoms with van der Waals surface area (Å²) in [5.74, 6) is 1.85. The van der Waals surface area contributed by atoms with Crippen molar-refractivity contribution in [2.24, 2.45) is 5.41 Å². The van der Waals surface area contributed by atoms with Crippen molar-refractivity contribution in [3.63, 3.8) is 0 Å². The van der Waals surface area contributed by atoms with E-state index in [4.69, 9.17) is 4.74 Å². The molecule has 0 bridgehead atoms. The lowest BCUT2D eigenvalue weighted by molar-refractivity contribution is -0.141. The topological polar surface area (TPSA) is 43.6 Å². The molecule has 0 amide bonds. The van der Waals surface area contributed by atoms with E-state index in [1.807, 2.05) is 23.3 Å². The molecule has 0 unspecified atom stereocenters. The molecule has 19 heavy (non-hydrogen) atoms. The van der Waals surface area contributed by atoms with Gasteiger partial charge in [-0.15, -0.1) is 11.3 Å². The Morgan fingerprint density at radius 2 is 2.47 bits per heavy atom. The summed E-state index contributed by atoms with van der Waals surface area (Å²) in [7, 11) is 1.46. The van der Waals surface area contributed by atoms with Crippen molar-refractivity contribution in [1.82, 2.24) is 9.38 Å². The van der Waals surface area contributed by atoms with E-state index in [-0.39, 0.29) is 11.4 Å². The molecule has 0 N–H and O–H groups in total. The smallest absolute Gasteiger partial charge is 0.306 e. The number of carbonyl (C=O) groups is 1. The summed E-state index contributed by atoms with van der Waals surface area (Å²) in [6.07, 6.45) is 6.97. The summed E-state index contributed by atoms with van der Waals surface area (Å²) in [6, 6.07) is 0. The molecular weight excluding hydrogens is 280 g/mol. The SMILES string of the molecule is COC(=O)CC1(CSCc2cn3ccsc3n2)CC1. The van der Waals surface area contributed by atoms with E-state index in [2.05, 4.69) is 15.6 Å². The van der Waals surface area contributed by atoms with Crippen molar-refractivity contribution in [3.05, 3.63) is 23.5 Å². The third kappa shape index (κ3) is 2.95. The number of hydrogen-bond acceptors (Lipinski definition) is 5. The molecule has 1 saturated carbocycles. The summed E-state index contributed by atoms with van der Waals surface area (Å²) < 4.78 is 6.82. The number of ether oxygens (including phenoxy) is 1. The van der Waals surface area contributed by atoms with E-state index in [1.54, 1.807) is 11.3 Å². The number of methoxy groups -OCH3 is 1. The minimum atomic E-state index is -0.0828. The van der Waals surface area contributed by atoms with Crippen LogP contribution in [0.2, 0.25) is 0 Å². The molecule has 1 aliphatic rings. The molecule has 0 aromatic carbocycles. The van der Waals surface area contributed by atoms with Gasteiger partial charge < -0.3 is 4.74 Å². The number of carbonyl (C=O) groups excluding carboxylic acids is 1. The normalized spacial score (nSPS) is 16.7. The van der Waals surface area contributed by atoms with E-state index in [1.165, 1.54) is 7.11 Å². The average molecular weight is 296 g/mol. The highest BCUT2D eigenvalue weighted by atomic mass is 32.2. The third-order valence-electron chi connectivity index (χ3n) is 3.51. The zero-order chi connectivity index (χ0) is 13.3. The Labute approximate surface area is 120 Å². The Bertz CT molecular complexity index is 558. The van der Waals surface area contributed by atoms with Crippen LogP contribution in [0.1, 0.15) is 25.0 Å². The van der Waals surface area contributed by atoms with E-state index in [0.29, 0.717) is 6.42 Å². The number of imidazole rings is 1. The predicted molar refractivity (Wildman–Crippen MR) is 77.5 cm³/mol. The van der Waals surface area contributed by atoms with Gasteiger partial charge in [-0.25, -0.2) is 4.98 Å². The summed E-state index contributed by atoms with van der Waals surface area (Å²) in [4.78, 5) is 16.9. The number of hydrogen-bond donors (Lipinski definition) is 0. The molecule has 0 radical (unpaired) electrons. The van der Waals surface area contributed by atoms with Crippen LogP contribution in [-0.4, -0.2) is 28.2 Å². The fourth-order valence-corrected chi connectivity index (χ4v) is 4.14. The van der Waals surface area contributed by atoms with Gasteiger partial charge in [-0.2, -0.15) is 11.8 Å². The molecule has 0 saturated heterocycles. The second kappa shape index (κ2) is 5.17. The first-order chi connectivity index (χ1) is 9.21. The molecule has 102 valence electrons. The van der Waals surface area contributed by atoms with Crippen LogP contribution in [0.25, 0.3) is 4.96 Å². The summed E-state index contributed by atoms with van der Waals surface area (Å²) in [6.45, 7) is 0. The fourth-order valence-electron chi connectivity index (χ4n) is 2.15. The quantitative estimate of drug-likeness (QED) is 0.769. The predicted octanol–water partition coefficient (Wildman–Crippen LogP) is 2.97. The van der Waals surface area contributed by atoms with Crippen LogP contribution in [0, 0.1) is 5.41 Å². The molecule has 2 aromatic heterocycles. The van der Waals surface area contributed by atoms with Crippen molar-refractivity contribution >= 4 is 34.0 Å². The highest BCUT2D eigenvalue weighted by Crippen LogP contribution is 2.51. The van der Waals surface area contributed by atoms with Crippen LogP contribution in [0.15, 0.2) is 17.8 Å². The Morgan fingerprint density at radius 3 is 3.16 bits per heavy atom. The van der Waals surface area contributed by atoms with Gasteiger partial charge in [0, 0.05) is 23.5 Å². The number of thiazole rings is 1. The fraction of sp³-hybridized carbons (Fsp3) is 0.538. The van der Waals surface area contributed by atoms with E-state index in [9.17, 15) is 4.79 Å². The van der Waals surface area contributed by atoms with Crippen molar-refractivity contribution in [1.29, 1.82) is 0 Å². The standard InChI is InChI=1S/C13H16N2O2S2/c1-17-11(16)6-13(2-3-13)9-18-8-10-7-15-4-5-19-12(15)14-10/h4-5,7H,2-3,6,8-9H2,1H3. The van der Waals surface area contributed by atoms with Crippen molar-refractivity contribution in [2.75, 3.05) is 12.9 Å². The highest BCUT2D eigenvalue weighted by Gasteiger charge is 2.44. The largest absolute Gasteiger partial charge is 0.469 e. The minimum absolute atomic E-state index is 0.0828. The molecule has 1 fully saturated rings. The van der Waals surface area contributed by atoms with Crippen LogP contribution in [0.4, 0.5) is 0 Å². The van der Waals surface area contributed by atoms with Gasteiger partial charge in [0.1, 0.15) is 0 Å². The maximum atomic E-state index is 11.3. The van der Waals surface area contributed by atoms with E-state index >= 15 is 0 Å². The summed E-state index contributed by atoms with van der Waals surface area (Å²) >= 11 is 3.52. The van der Waals surface area contributed by atoms with Crippen molar-refractivity contribution < 1.29 is 9.53 Å². The zero-order valence-corrected chi connectivity index (χ0v) is 12.4. The molecule has 0 aliphatic heterocycles. The third-order valence-corrected chi connectivity index (χ3v) is 5.59. The first-order valence-corrected chi connectivity index (χ1v) is 8.30. The second-order valence-corrected chi connectivity index (χ2v) is 6.93. The van der Waals surface area contributed by atoms with E-state index < -0.39 is 0 Å². The maximum Gasteiger partial charge on any atom is 0.306 e. The summed E-state index contributed by atoms with van der Waals surface area (Å²) in [5, 5.41) is 2.04. The van der Waals surface area contributed by atoms with Crippen LogP contribution in [0.5, 0.6) is 0 Å². The molecule has 4 nitrogen and oxygen atoms in total. The Kier molecular flexibility index (Phi) is 3.54. The van der Waals surface area contributed by atoms with Crippen LogP contribution < -0.4 is 0 Å². The lowest BCUT2D eigenvalue weighted by Crippen LogP contribution is -2.13. The molecule has 1 aliphatic carbocycles. The number of aromatic nitrogens is 2. The van der Waals surface area contributed by atoms with Gasteiger partial charge in [-0.05, 0) is 24.0 Å². The van der Waals surface area contributed by atoms with Gasteiger partial charge in [0.2, 0.25) is 0 Å². The van der Waals surface area contributed by atoms with Crippen LogP contribution in [0.3, 0.4) is 0 Å². The molecule has 2 heterocycles. The van der Waals surface area contributed by atoms with Gasteiger partial charge in [0.25, 0.3) is 0 Å². The number of fused-ring (bicyclic) bond motifs is 1. The van der Waals surface area contributed by atoms with Gasteiger partial charge in [0.15, 0.2) is 4.96 Å². The number of thioether (sulfide) groups is 1. The first-order valence-electron chi connectivity index (χ1n) is 6.26. The first kappa shape index (κ1) is 13.0. The molecule has 2 aromatic rings. The molecular formula is C13H16N2O2S2. The molecule has 0 spiro atoms. The Hall–Kier alpha value is -1.01. The lowest BCUT2D eigenvalue weighted by Gasteiger charge is -2.12. The molecule has 3 rings (SSSR count). The number of nitrogens with zero attached hydrogens (tertiary/aromatic N) is 2.